The maximum Gasteiger partial charge on any atom is 0.357 e. The molecule has 0 aromatic heterocycles. The highest BCUT2D eigenvalue weighted by Gasteiger charge is 2.40. The summed E-state index contributed by atoms with van der Waals surface area (Å²) in [7, 11) is -3.72. The Morgan fingerprint density at radius 2 is 1.46 bits per heavy atom. The van der Waals surface area contributed by atoms with Crippen LogP contribution in [0, 0.1) is 12.7 Å². The molecule has 2 aromatic carbocycles. The molecule has 0 saturated heterocycles. The van der Waals surface area contributed by atoms with E-state index in [1.807, 2.05) is 31.2 Å². The van der Waals surface area contributed by atoms with Gasteiger partial charge in [-0.05, 0) is 52.8 Å². The first kappa shape index (κ1) is 20.6. The summed E-state index contributed by atoms with van der Waals surface area (Å²) in [6.07, 6.45) is -0.678. The van der Waals surface area contributed by atoms with E-state index in [0.29, 0.717) is 5.69 Å². The number of hydrogen-bond donors (Lipinski definition) is 1. The highest BCUT2D eigenvalue weighted by Crippen LogP contribution is 2.62. The number of hydrogen-bond acceptors (Lipinski definition) is 4. The van der Waals surface area contributed by atoms with Crippen molar-refractivity contribution in [2.75, 3.05) is 5.32 Å². The first-order chi connectivity index (χ1) is 12.2. The molecule has 0 aliphatic heterocycles. The Balaban J connectivity index is 2.51. The maximum atomic E-state index is 14.5. The van der Waals surface area contributed by atoms with Crippen LogP contribution in [-0.4, -0.2) is 12.2 Å². The predicted octanol–water partition coefficient (Wildman–Crippen LogP) is 6.29. The zero-order chi connectivity index (χ0) is 19.3. The smallest absolute Gasteiger partial charge is 0.357 e. The van der Waals surface area contributed by atoms with Gasteiger partial charge in [0.05, 0.1) is 12.2 Å². The number of aryl methyl sites for hydroxylation is 1. The van der Waals surface area contributed by atoms with Crippen molar-refractivity contribution in [2.45, 2.75) is 52.6 Å². The Hall–Kier alpha value is -1.68. The number of halogens is 1. The summed E-state index contributed by atoms with van der Waals surface area (Å²) in [6, 6.07) is 13.8. The lowest BCUT2D eigenvalue weighted by Gasteiger charge is -2.31. The Bertz CT molecular complexity index is 748. The van der Waals surface area contributed by atoms with Gasteiger partial charge >= 0.3 is 7.60 Å². The van der Waals surface area contributed by atoms with Crippen molar-refractivity contribution in [3.05, 3.63) is 65.5 Å². The summed E-state index contributed by atoms with van der Waals surface area (Å²) in [5.41, 5.74) is 2.06. The number of anilines is 1. The van der Waals surface area contributed by atoms with Gasteiger partial charge in [0, 0.05) is 11.3 Å². The molecular formula is C20H27FNO3P. The van der Waals surface area contributed by atoms with E-state index < -0.39 is 19.2 Å². The summed E-state index contributed by atoms with van der Waals surface area (Å²) >= 11 is 0. The third-order valence-corrected chi connectivity index (χ3v) is 6.06. The van der Waals surface area contributed by atoms with Crippen molar-refractivity contribution >= 4 is 13.3 Å². The molecule has 0 heterocycles. The molecule has 1 N–H and O–H groups in total. The summed E-state index contributed by atoms with van der Waals surface area (Å²) < 4.78 is 39.7. The van der Waals surface area contributed by atoms with Gasteiger partial charge in [-0.1, -0.05) is 35.9 Å². The lowest BCUT2D eigenvalue weighted by atomic mass is 10.2. The van der Waals surface area contributed by atoms with E-state index >= 15 is 0 Å². The van der Waals surface area contributed by atoms with Gasteiger partial charge in [0.2, 0.25) is 0 Å². The molecule has 0 spiro atoms. The molecule has 0 fully saturated rings. The van der Waals surface area contributed by atoms with Crippen LogP contribution in [0.1, 0.15) is 44.6 Å². The summed E-state index contributed by atoms with van der Waals surface area (Å²) in [5.74, 6) is -1.42. The van der Waals surface area contributed by atoms with E-state index in [9.17, 15) is 8.96 Å². The van der Waals surface area contributed by atoms with Crippen LogP contribution in [-0.2, 0) is 13.6 Å². The largest absolute Gasteiger partial charge is 0.368 e. The fourth-order valence-corrected chi connectivity index (χ4v) is 4.89. The van der Waals surface area contributed by atoms with Gasteiger partial charge in [-0.2, -0.15) is 0 Å². The Morgan fingerprint density at radius 3 is 1.96 bits per heavy atom. The van der Waals surface area contributed by atoms with Crippen LogP contribution < -0.4 is 5.32 Å². The summed E-state index contributed by atoms with van der Waals surface area (Å²) in [4.78, 5) is 0. The van der Waals surface area contributed by atoms with Gasteiger partial charge in [-0.25, -0.2) is 4.39 Å². The van der Waals surface area contributed by atoms with Gasteiger partial charge in [-0.3, -0.25) is 4.57 Å². The molecule has 4 nitrogen and oxygen atoms in total. The van der Waals surface area contributed by atoms with Crippen molar-refractivity contribution in [2.24, 2.45) is 0 Å². The van der Waals surface area contributed by atoms with Crippen LogP contribution in [0.15, 0.2) is 48.5 Å². The van der Waals surface area contributed by atoms with Crippen molar-refractivity contribution in [1.82, 2.24) is 0 Å². The summed E-state index contributed by atoms with van der Waals surface area (Å²) in [5, 5.41) is 3.16. The quantitative estimate of drug-likeness (QED) is 0.548. The second kappa shape index (κ2) is 8.81. The van der Waals surface area contributed by atoms with E-state index in [0.717, 1.165) is 5.56 Å². The fraction of sp³-hybridized carbons (Fsp3) is 0.400. The van der Waals surface area contributed by atoms with Crippen molar-refractivity contribution < 1.29 is 18.0 Å². The topological polar surface area (TPSA) is 47.6 Å². The van der Waals surface area contributed by atoms with E-state index in [4.69, 9.17) is 9.05 Å². The van der Waals surface area contributed by atoms with Gasteiger partial charge in [-0.15, -0.1) is 0 Å². The molecule has 0 aliphatic rings. The minimum absolute atomic E-state index is 0.248. The van der Waals surface area contributed by atoms with Crippen LogP contribution in [0.2, 0.25) is 0 Å². The molecule has 0 saturated carbocycles. The minimum Gasteiger partial charge on any atom is -0.368 e. The Kier molecular flexibility index (Phi) is 6.99. The lowest BCUT2D eigenvalue weighted by Crippen LogP contribution is -2.20. The highest BCUT2D eigenvalue weighted by atomic mass is 31.2. The van der Waals surface area contributed by atoms with Crippen LogP contribution in [0.5, 0.6) is 0 Å². The van der Waals surface area contributed by atoms with E-state index in [1.165, 1.54) is 6.07 Å². The van der Waals surface area contributed by atoms with Crippen LogP contribution in [0.25, 0.3) is 0 Å². The molecular weight excluding hydrogens is 352 g/mol. The zero-order valence-corrected chi connectivity index (χ0v) is 16.8. The van der Waals surface area contributed by atoms with E-state index in [1.54, 1.807) is 45.9 Å². The normalized spacial score (nSPS) is 13.2. The van der Waals surface area contributed by atoms with Crippen LogP contribution >= 0.6 is 7.60 Å². The highest BCUT2D eigenvalue weighted by molar-refractivity contribution is 7.54. The van der Waals surface area contributed by atoms with E-state index in [2.05, 4.69) is 5.32 Å². The number of rotatable bonds is 8. The average Bonchev–Trinajstić information content (AvgIpc) is 2.53. The second-order valence-corrected chi connectivity index (χ2v) is 8.80. The van der Waals surface area contributed by atoms with Gasteiger partial charge in [0.15, 0.2) is 5.78 Å². The third-order valence-electron chi connectivity index (χ3n) is 3.59. The molecule has 2 aromatic rings. The minimum atomic E-state index is -3.72. The first-order valence-electron chi connectivity index (χ1n) is 8.75. The van der Waals surface area contributed by atoms with Gasteiger partial charge in [0.25, 0.3) is 0 Å². The monoisotopic (exact) mass is 379 g/mol. The molecule has 2 rings (SSSR count). The molecule has 1 atom stereocenters. The standard InChI is InChI=1S/C20H27FNO3P/c1-14(2)24-26(23,25-15(3)4)20(18-8-6-7-9-19(18)21)22-17-12-10-16(5)11-13-17/h6-15,20,22H,1-5H3. The Labute approximate surface area is 155 Å². The second-order valence-electron chi connectivity index (χ2n) is 6.78. The van der Waals surface area contributed by atoms with Crippen LogP contribution in [0.4, 0.5) is 10.1 Å². The molecule has 142 valence electrons. The maximum absolute atomic E-state index is 14.5. The molecule has 0 amide bonds. The van der Waals surface area contributed by atoms with Crippen molar-refractivity contribution in [1.29, 1.82) is 0 Å². The first-order valence-corrected chi connectivity index (χ1v) is 10.4. The molecule has 26 heavy (non-hydrogen) atoms. The fourth-order valence-electron chi connectivity index (χ4n) is 2.57. The van der Waals surface area contributed by atoms with E-state index in [-0.39, 0.29) is 17.8 Å². The van der Waals surface area contributed by atoms with Gasteiger partial charge in [0.1, 0.15) is 5.82 Å². The Morgan fingerprint density at radius 1 is 0.923 bits per heavy atom. The molecule has 6 heteroatoms. The van der Waals surface area contributed by atoms with Crippen molar-refractivity contribution in [3.63, 3.8) is 0 Å². The average molecular weight is 379 g/mol. The SMILES string of the molecule is Cc1ccc(NC(c2ccccc2F)P(=O)(OC(C)C)OC(C)C)cc1. The summed E-state index contributed by atoms with van der Waals surface area (Å²) in [6.45, 7) is 9.09. The molecule has 0 radical (unpaired) electrons. The molecule has 0 aliphatic carbocycles. The number of nitrogens with one attached hydrogen (secondary N) is 1. The molecule has 0 bridgehead atoms. The zero-order valence-electron chi connectivity index (χ0n) is 15.9. The third kappa shape index (κ3) is 5.41. The lowest BCUT2D eigenvalue weighted by molar-refractivity contribution is 0.137. The van der Waals surface area contributed by atoms with Crippen molar-refractivity contribution in [3.8, 4) is 0 Å². The van der Waals surface area contributed by atoms with Crippen LogP contribution in [0.3, 0.4) is 0 Å². The molecule has 1 unspecified atom stereocenters. The number of benzene rings is 2. The van der Waals surface area contributed by atoms with Gasteiger partial charge < -0.3 is 14.4 Å². The predicted molar refractivity (Wildman–Crippen MR) is 104 cm³/mol.